The van der Waals surface area contributed by atoms with E-state index in [9.17, 15) is 0 Å². The molecule has 0 amide bonds. The highest BCUT2D eigenvalue weighted by Crippen LogP contribution is 2.30. The minimum Gasteiger partial charge on any atom is -0.493 e. The molecule has 0 unspecified atom stereocenters. The molecule has 2 rings (SSSR count). The van der Waals surface area contributed by atoms with Crippen molar-refractivity contribution in [2.75, 3.05) is 26.4 Å². The van der Waals surface area contributed by atoms with Crippen LogP contribution in [0, 0.1) is 16.7 Å². The third-order valence-electron chi connectivity index (χ3n) is 3.49. The number of nitriles is 1. The van der Waals surface area contributed by atoms with Crippen LogP contribution in [-0.2, 0) is 4.74 Å². The third-order valence-corrected chi connectivity index (χ3v) is 3.49. The van der Waals surface area contributed by atoms with Gasteiger partial charge in [0.1, 0.15) is 5.75 Å². The summed E-state index contributed by atoms with van der Waals surface area (Å²) >= 11 is 0. The molecule has 0 saturated carbocycles. The van der Waals surface area contributed by atoms with Gasteiger partial charge in [0, 0.05) is 25.2 Å². The fraction of sp³-hybridized carbons (Fsp3) is 0.500. The van der Waals surface area contributed by atoms with Crippen LogP contribution in [0.3, 0.4) is 0 Å². The molecule has 2 N–H and O–H groups in total. The van der Waals surface area contributed by atoms with Gasteiger partial charge >= 0.3 is 0 Å². The largest absolute Gasteiger partial charge is 0.493 e. The molecule has 1 fully saturated rings. The molecule has 1 aliphatic heterocycles. The van der Waals surface area contributed by atoms with Gasteiger partial charge in [-0.1, -0.05) is 6.07 Å². The molecule has 1 heterocycles. The van der Waals surface area contributed by atoms with Crippen molar-refractivity contribution in [1.29, 1.82) is 5.26 Å². The van der Waals surface area contributed by atoms with Gasteiger partial charge in [0.15, 0.2) is 0 Å². The maximum absolute atomic E-state index is 8.83. The fourth-order valence-electron chi connectivity index (χ4n) is 2.10. The molecule has 4 nitrogen and oxygen atoms in total. The number of hydrogen-bond acceptors (Lipinski definition) is 4. The Labute approximate surface area is 107 Å². The number of hydrogen-bond donors (Lipinski definition) is 1. The fourth-order valence-corrected chi connectivity index (χ4v) is 2.10. The lowest BCUT2D eigenvalue weighted by atomic mass is 9.81. The second-order valence-corrected chi connectivity index (χ2v) is 4.74. The topological polar surface area (TPSA) is 68.3 Å². The summed E-state index contributed by atoms with van der Waals surface area (Å²) in [6, 6.07) is 9.31. The van der Waals surface area contributed by atoms with E-state index in [0.29, 0.717) is 18.7 Å². The van der Waals surface area contributed by atoms with E-state index in [2.05, 4.69) is 6.07 Å². The zero-order valence-corrected chi connectivity index (χ0v) is 10.4. The van der Waals surface area contributed by atoms with Gasteiger partial charge in [0.25, 0.3) is 0 Å². The highest BCUT2D eigenvalue weighted by molar-refractivity contribution is 5.36. The third kappa shape index (κ3) is 3.00. The minimum atomic E-state index is 0.0148. The summed E-state index contributed by atoms with van der Waals surface area (Å²) in [6.45, 7) is 2.69. The van der Waals surface area contributed by atoms with Gasteiger partial charge in [-0.2, -0.15) is 5.26 Å². The summed E-state index contributed by atoms with van der Waals surface area (Å²) in [5.41, 5.74) is 6.50. The Morgan fingerprint density at radius 3 is 2.83 bits per heavy atom. The van der Waals surface area contributed by atoms with E-state index in [-0.39, 0.29) is 5.41 Å². The molecule has 0 bridgehead atoms. The molecule has 1 aliphatic rings. The second kappa shape index (κ2) is 5.85. The Morgan fingerprint density at radius 2 is 2.17 bits per heavy atom. The van der Waals surface area contributed by atoms with Crippen LogP contribution in [0.5, 0.6) is 5.75 Å². The Hall–Kier alpha value is -1.57. The summed E-state index contributed by atoms with van der Waals surface area (Å²) in [4.78, 5) is 0. The van der Waals surface area contributed by atoms with Crippen molar-refractivity contribution >= 4 is 0 Å². The van der Waals surface area contributed by atoms with E-state index in [1.165, 1.54) is 0 Å². The van der Waals surface area contributed by atoms with E-state index in [1.54, 1.807) is 12.1 Å². The average Bonchev–Trinajstić information content (AvgIpc) is 2.46. The first-order valence-electron chi connectivity index (χ1n) is 6.19. The molecule has 4 heteroatoms. The van der Waals surface area contributed by atoms with Crippen molar-refractivity contribution in [2.24, 2.45) is 11.1 Å². The first-order chi connectivity index (χ1) is 8.78. The van der Waals surface area contributed by atoms with E-state index in [0.717, 1.165) is 31.8 Å². The minimum absolute atomic E-state index is 0.0148. The van der Waals surface area contributed by atoms with Crippen LogP contribution < -0.4 is 10.5 Å². The van der Waals surface area contributed by atoms with Gasteiger partial charge in [-0.15, -0.1) is 0 Å². The quantitative estimate of drug-likeness (QED) is 0.877. The molecule has 1 saturated heterocycles. The number of nitrogens with two attached hydrogens (primary N) is 1. The standard InChI is InChI=1S/C14H18N2O2/c15-9-12-2-1-3-13(8-12)18-11-14(10-16)4-6-17-7-5-14/h1-3,8H,4-7,10-11,16H2. The highest BCUT2D eigenvalue weighted by Gasteiger charge is 2.32. The van der Waals surface area contributed by atoms with Crippen molar-refractivity contribution in [3.63, 3.8) is 0 Å². The van der Waals surface area contributed by atoms with Crippen LogP contribution in [0.4, 0.5) is 0 Å². The predicted octanol–water partition coefficient (Wildman–Crippen LogP) is 1.69. The zero-order chi connectivity index (χ0) is 12.8. The first kappa shape index (κ1) is 12.9. The maximum Gasteiger partial charge on any atom is 0.120 e. The van der Waals surface area contributed by atoms with Crippen LogP contribution in [-0.4, -0.2) is 26.4 Å². The van der Waals surface area contributed by atoms with Crippen LogP contribution in [0.15, 0.2) is 24.3 Å². The molecule has 0 atom stereocenters. The van der Waals surface area contributed by atoms with Crippen molar-refractivity contribution < 1.29 is 9.47 Å². The summed E-state index contributed by atoms with van der Waals surface area (Å²) in [6.07, 6.45) is 1.86. The Bertz CT molecular complexity index is 434. The Morgan fingerprint density at radius 1 is 1.39 bits per heavy atom. The molecule has 0 spiro atoms. The number of ether oxygens (including phenoxy) is 2. The van der Waals surface area contributed by atoms with E-state index in [4.69, 9.17) is 20.5 Å². The molecule has 0 aliphatic carbocycles. The summed E-state index contributed by atoms with van der Waals surface area (Å²) in [5.74, 6) is 0.730. The highest BCUT2D eigenvalue weighted by atomic mass is 16.5. The molecular formula is C14H18N2O2. The number of rotatable bonds is 4. The lowest BCUT2D eigenvalue weighted by molar-refractivity contribution is -0.00499. The Kier molecular flexibility index (Phi) is 4.19. The Balaban J connectivity index is 1.99. The van der Waals surface area contributed by atoms with Gasteiger partial charge in [0.05, 0.1) is 18.2 Å². The molecule has 1 aromatic rings. The van der Waals surface area contributed by atoms with E-state index < -0.39 is 0 Å². The lowest BCUT2D eigenvalue weighted by Crippen LogP contribution is -2.41. The number of nitrogens with zero attached hydrogens (tertiary/aromatic N) is 1. The van der Waals surface area contributed by atoms with Gasteiger partial charge in [-0.05, 0) is 31.0 Å². The average molecular weight is 246 g/mol. The second-order valence-electron chi connectivity index (χ2n) is 4.74. The molecule has 0 radical (unpaired) electrons. The summed E-state index contributed by atoms with van der Waals surface area (Å²) in [7, 11) is 0. The van der Waals surface area contributed by atoms with Crippen LogP contribution in [0.2, 0.25) is 0 Å². The molecular weight excluding hydrogens is 228 g/mol. The van der Waals surface area contributed by atoms with Gasteiger partial charge in [-0.25, -0.2) is 0 Å². The number of benzene rings is 1. The smallest absolute Gasteiger partial charge is 0.120 e. The van der Waals surface area contributed by atoms with Gasteiger partial charge < -0.3 is 15.2 Å². The summed E-state index contributed by atoms with van der Waals surface area (Å²) in [5, 5.41) is 8.83. The van der Waals surface area contributed by atoms with Gasteiger partial charge in [-0.3, -0.25) is 0 Å². The van der Waals surface area contributed by atoms with Crippen LogP contribution in [0.1, 0.15) is 18.4 Å². The van der Waals surface area contributed by atoms with E-state index in [1.807, 2.05) is 12.1 Å². The monoisotopic (exact) mass is 246 g/mol. The molecule has 96 valence electrons. The molecule has 1 aromatic carbocycles. The normalized spacial score (nSPS) is 18.0. The maximum atomic E-state index is 8.83. The van der Waals surface area contributed by atoms with E-state index >= 15 is 0 Å². The van der Waals surface area contributed by atoms with Gasteiger partial charge in [0.2, 0.25) is 0 Å². The van der Waals surface area contributed by atoms with Crippen molar-refractivity contribution in [1.82, 2.24) is 0 Å². The SMILES string of the molecule is N#Cc1cccc(OCC2(CN)CCOCC2)c1. The lowest BCUT2D eigenvalue weighted by Gasteiger charge is -2.35. The first-order valence-corrected chi connectivity index (χ1v) is 6.19. The van der Waals surface area contributed by atoms with Crippen molar-refractivity contribution in [2.45, 2.75) is 12.8 Å². The summed E-state index contributed by atoms with van der Waals surface area (Å²) < 4.78 is 11.2. The van der Waals surface area contributed by atoms with Crippen molar-refractivity contribution in [3.8, 4) is 11.8 Å². The zero-order valence-electron chi connectivity index (χ0n) is 10.4. The van der Waals surface area contributed by atoms with Crippen LogP contribution >= 0.6 is 0 Å². The van der Waals surface area contributed by atoms with Crippen LogP contribution in [0.25, 0.3) is 0 Å². The molecule has 0 aromatic heterocycles. The molecule has 18 heavy (non-hydrogen) atoms. The van der Waals surface area contributed by atoms with Crippen molar-refractivity contribution in [3.05, 3.63) is 29.8 Å². The predicted molar refractivity (Wildman–Crippen MR) is 68.2 cm³/mol.